The molecule has 0 bridgehead atoms. The zero-order chi connectivity index (χ0) is 9.78. The lowest BCUT2D eigenvalue weighted by atomic mass is 10.1. The SMILES string of the molecule is CC(C)C(CCO)OS(C)(=O)=O. The Morgan fingerprint density at radius 3 is 2.17 bits per heavy atom. The molecular weight excluding hydrogens is 180 g/mol. The number of rotatable bonds is 5. The molecule has 74 valence electrons. The summed E-state index contributed by atoms with van der Waals surface area (Å²) in [7, 11) is -3.40. The van der Waals surface area contributed by atoms with Crippen LogP contribution in [0.15, 0.2) is 0 Å². The third-order valence-corrected chi connectivity index (χ3v) is 2.05. The summed E-state index contributed by atoms with van der Waals surface area (Å²) in [5.41, 5.74) is 0. The molecule has 0 saturated carbocycles. The van der Waals surface area contributed by atoms with Crippen molar-refractivity contribution in [3.63, 3.8) is 0 Å². The highest BCUT2D eigenvalue weighted by Gasteiger charge is 2.18. The van der Waals surface area contributed by atoms with Crippen molar-refractivity contribution < 1.29 is 17.7 Å². The molecule has 0 amide bonds. The van der Waals surface area contributed by atoms with Crippen LogP contribution in [-0.2, 0) is 14.3 Å². The van der Waals surface area contributed by atoms with Crippen molar-refractivity contribution >= 4 is 10.1 Å². The maximum absolute atomic E-state index is 10.7. The minimum absolute atomic E-state index is 0.0572. The average Bonchev–Trinajstić information content (AvgIpc) is 1.83. The lowest BCUT2D eigenvalue weighted by Gasteiger charge is -2.18. The van der Waals surface area contributed by atoms with Gasteiger partial charge in [0.25, 0.3) is 10.1 Å². The lowest BCUT2D eigenvalue weighted by Crippen LogP contribution is -2.24. The van der Waals surface area contributed by atoms with Crippen LogP contribution in [0.4, 0.5) is 0 Å². The van der Waals surface area contributed by atoms with Crippen LogP contribution in [0.3, 0.4) is 0 Å². The Kier molecular flexibility index (Phi) is 4.74. The quantitative estimate of drug-likeness (QED) is 0.645. The average molecular weight is 196 g/mol. The summed E-state index contributed by atoms with van der Waals surface area (Å²) in [5.74, 6) is 0.0897. The Morgan fingerprint density at radius 1 is 1.42 bits per heavy atom. The highest BCUT2D eigenvalue weighted by molar-refractivity contribution is 7.86. The van der Waals surface area contributed by atoms with Crippen LogP contribution >= 0.6 is 0 Å². The van der Waals surface area contributed by atoms with E-state index < -0.39 is 16.2 Å². The van der Waals surface area contributed by atoms with Gasteiger partial charge in [0.2, 0.25) is 0 Å². The first-order valence-electron chi connectivity index (χ1n) is 3.86. The van der Waals surface area contributed by atoms with Gasteiger partial charge >= 0.3 is 0 Å². The molecule has 0 aromatic heterocycles. The molecule has 1 atom stereocenters. The Bertz CT molecular complexity index is 207. The second kappa shape index (κ2) is 4.79. The van der Waals surface area contributed by atoms with Gasteiger partial charge in [-0.15, -0.1) is 0 Å². The van der Waals surface area contributed by atoms with E-state index in [1.54, 1.807) is 0 Å². The van der Waals surface area contributed by atoms with E-state index in [1.807, 2.05) is 13.8 Å². The predicted molar refractivity (Wildman–Crippen MR) is 46.3 cm³/mol. The second-order valence-electron chi connectivity index (χ2n) is 3.10. The van der Waals surface area contributed by atoms with Gasteiger partial charge in [0.1, 0.15) is 0 Å². The first-order valence-corrected chi connectivity index (χ1v) is 5.67. The van der Waals surface area contributed by atoms with Crippen molar-refractivity contribution in [3.05, 3.63) is 0 Å². The molecule has 1 N–H and O–H groups in total. The topological polar surface area (TPSA) is 63.6 Å². The van der Waals surface area contributed by atoms with Gasteiger partial charge in [-0.25, -0.2) is 0 Å². The minimum Gasteiger partial charge on any atom is -0.396 e. The van der Waals surface area contributed by atoms with E-state index in [0.717, 1.165) is 6.26 Å². The highest BCUT2D eigenvalue weighted by atomic mass is 32.2. The van der Waals surface area contributed by atoms with E-state index in [1.165, 1.54) is 0 Å². The molecule has 12 heavy (non-hydrogen) atoms. The van der Waals surface area contributed by atoms with Crippen molar-refractivity contribution in [2.75, 3.05) is 12.9 Å². The van der Waals surface area contributed by atoms with E-state index in [0.29, 0.717) is 6.42 Å². The maximum Gasteiger partial charge on any atom is 0.264 e. The van der Waals surface area contributed by atoms with Crippen molar-refractivity contribution in [2.24, 2.45) is 5.92 Å². The van der Waals surface area contributed by atoms with Crippen LogP contribution in [0.2, 0.25) is 0 Å². The first kappa shape index (κ1) is 11.9. The summed E-state index contributed by atoms with van der Waals surface area (Å²) in [6.07, 6.45) is 0.954. The molecule has 0 heterocycles. The van der Waals surface area contributed by atoms with Gasteiger partial charge in [0, 0.05) is 6.61 Å². The Labute approximate surface area is 73.7 Å². The fourth-order valence-corrected chi connectivity index (χ4v) is 1.61. The summed E-state index contributed by atoms with van der Waals surface area (Å²) in [6.45, 7) is 3.65. The van der Waals surface area contributed by atoms with Crippen LogP contribution in [0.1, 0.15) is 20.3 Å². The standard InChI is InChI=1S/C7H16O4S/c1-6(2)7(4-5-8)11-12(3,9)10/h6-8H,4-5H2,1-3H3. The summed E-state index contributed by atoms with van der Waals surface area (Å²) in [4.78, 5) is 0. The number of hydrogen-bond donors (Lipinski definition) is 1. The monoisotopic (exact) mass is 196 g/mol. The molecule has 0 spiro atoms. The third-order valence-electron chi connectivity index (χ3n) is 1.46. The summed E-state index contributed by atoms with van der Waals surface area (Å²) in [5, 5.41) is 8.61. The molecule has 0 aliphatic rings. The molecule has 0 aliphatic carbocycles. The van der Waals surface area contributed by atoms with Gasteiger partial charge in [0.05, 0.1) is 12.4 Å². The molecule has 1 unspecified atom stereocenters. The maximum atomic E-state index is 10.7. The molecule has 0 fully saturated rings. The minimum atomic E-state index is -3.40. The van der Waals surface area contributed by atoms with Gasteiger partial charge in [-0.1, -0.05) is 13.8 Å². The lowest BCUT2D eigenvalue weighted by molar-refractivity contribution is 0.122. The molecule has 4 nitrogen and oxygen atoms in total. The van der Waals surface area contributed by atoms with E-state index >= 15 is 0 Å². The van der Waals surface area contributed by atoms with E-state index in [9.17, 15) is 8.42 Å². The third kappa shape index (κ3) is 5.51. The van der Waals surface area contributed by atoms with Crippen LogP contribution < -0.4 is 0 Å². The fraction of sp³-hybridized carbons (Fsp3) is 1.00. The largest absolute Gasteiger partial charge is 0.396 e. The molecule has 0 aliphatic heterocycles. The van der Waals surface area contributed by atoms with Gasteiger partial charge in [0.15, 0.2) is 0 Å². The highest BCUT2D eigenvalue weighted by Crippen LogP contribution is 2.12. The normalized spacial score (nSPS) is 15.1. The Morgan fingerprint density at radius 2 is 1.92 bits per heavy atom. The smallest absolute Gasteiger partial charge is 0.264 e. The number of aliphatic hydroxyl groups is 1. The fourth-order valence-electron chi connectivity index (χ4n) is 0.844. The van der Waals surface area contributed by atoms with Crippen molar-refractivity contribution in [3.8, 4) is 0 Å². The van der Waals surface area contributed by atoms with Crippen molar-refractivity contribution in [1.29, 1.82) is 0 Å². The molecular formula is C7H16O4S. The number of aliphatic hydroxyl groups excluding tert-OH is 1. The van der Waals surface area contributed by atoms with Crippen molar-refractivity contribution in [2.45, 2.75) is 26.4 Å². The van der Waals surface area contributed by atoms with Crippen molar-refractivity contribution in [1.82, 2.24) is 0 Å². The molecule has 0 aromatic carbocycles. The molecule has 0 aromatic rings. The summed E-state index contributed by atoms with van der Waals surface area (Å²) >= 11 is 0. The molecule has 0 rings (SSSR count). The molecule has 5 heteroatoms. The summed E-state index contributed by atoms with van der Waals surface area (Å²) < 4.78 is 26.2. The first-order chi connectivity index (χ1) is 5.37. The van der Waals surface area contributed by atoms with Gasteiger partial charge in [-0.05, 0) is 12.3 Å². The van der Waals surface area contributed by atoms with Gasteiger partial charge < -0.3 is 5.11 Å². The van der Waals surface area contributed by atoms with E-state index in [2.05, 4.69) is 0 Å². The zero-order valence-corrected chi connectivity index (χ0v) is 8.47. The van der Waals surface area contributed by atoms with E-state index in [4.69, 9.17) is 9.29 Å². The second-order valence-corrected chi connectivity index (χ2v) is 4.70. The van der Waals surface area contributed by atoms with Crippen LogP contribution in [0, 0.1) is 5.92 Å². The zero-order valence-electron chi connectivity index (χ0n) is 7.65. The van der Waals surface area contributed by atoms with Crippen LogP contribution in [-0.4, -0.2) is 32.5 Å². The summed E-state index contributed by atoms with van der Waals surface area (Å²) in [6, 6.07) is 0. The van der Waals surface area contributed by atoms with Gasteiger partial charge in [-0.3, -0.25) is 4.18 Å². The predicted octanol–water partition coefficient (Wildman–Crippen LogP) is 0.370. The molecule has 0 saturated heterocycles. The van der Waals surface area contributed by atoms with Crippen LogP contribution in [0.25, 0.3) is 0 Å². The number of hydrogen-bond acceptors (Lipinski definition) is 4. The molecule has 0 radical (unpaired) electrons. The van der Waals surface area contributed by atoms with E-state index in [-0.39, 0.29) is 12.5 Å². The Hall–Kier alpha value is -0.130. The van der Waals surface area contributed by atoms with Crippen LogP contribution in [0.5, 0.6) is 0 Å². The Balaban J connectivity index is 4.14. The van der Waals surface area contributed by atoms with Gasteiger partial charge in [-0.2, -0.15) is 8.42 Å².